The number of aromatic nitrogens is 4. The second-order valence-electron chi connectivity index (χ2n) is 6.94. The second kappa shape index (κ2) is 6.82. The minimum Gasteiger partial charge on any atom is -0.340 e. The van der Waals surface area contributed by atoms with Crippen LogP contribution in [0.2, 0.25) is 0 Å². The van der Waals surface area contributed by atoms with E-state index < -0.39 is 0 Å². The fraction of sp³-hybridized carbons (Fsp3) is 0.421. The van der Waals surface area contributed by atoms with Gasteiger partial charge in [0.05, 0.1) is 29.3 Å². The molecule has 0 spiro atoms. The van der Waals surface area contributed by atoms with E-state index in [9.17, 15) is 4.79 Å². The molecule has 0 aliphatic rings. The first-order valence-electron chi connectivity index (χ1n) is 8.73. The molecule has 3 aromatic rings. The van der Waals surface area contributed by atoms with Crippen LogP contribution >= 0.6 is 0 Å². The molecule has 3 rings (SSSR count). The summed E-state index contributed by atoms with van der Waals surface area (Å²) in [6.45, 7) is 8.47. The average Bonchev–Trinajstić information content (AvgIpc) is 3.10. The van der Waals surface area contributed by atoms with Gasteiger partial charge in [0, 0.05) is 25.4 Å². The summed E-state index contributed by atoms with van der Waals surface area (Å²) in [6.07, 6.45) is 0. The van der Waals surface area contributed by atoms with Gasteiger partial charge in [-0.1, -0.05) is 6.07 Å². The molecule has 2 aromatic heterocycles. The first kappa shape index (κ1) is 18.0. The van der Waals surface area contributed by atoms with Crippen molar-refractivity contribution in [1.29, 1.82) is 0 Å². The zero-order valence-electron chi connectivity index (χ0n) is 16.2. The van der Waals surface area contributed by atoms with Gasteiger partial charge in [-0.05, 0) is 45.4 Å². The molecular formula is C19H26N6O. The number of aromatic amines is 1. The number of urea groups is 1. The van der Waals surface area contributed by atoms with Gasteiger partial charge in [-0.2, -0.15) is 5.10 Å². The Labute approximate surface area is 153 Å². The van der Waals surface area contributed by atoms with E-state index in [4.69, 9.17) is 0 Å². The molecule has 2 heterocycles. The molecule has 0 saturated carbocycles. The summed E-state index contributed by atoms with van der Waals surface area (Å²) in [6, 6.07) is 5.72. The highest BCUT2D eigenvalue weighted by atomic mass is 16.2. The number of rotatable bonds is 4. The molecule has 1 atom stereocenters. The van der Waals surface area contributed by atoms with Crippen LogP contribution in [0.5, 0.6) is 0 Å². The van der Waals surface area contributed by atoms with E-state index in [0.717, 1.165) is 33.8 Å². The van der Waals surface area contributed by atoms with Gasteiger partial charge in [0.2, 0.25) is 0 Å². The molecule has 1 aromatic carbocycles. The van der Waals surface area contributed by atoms with Gasteiger partial charge < -0.3 is 15.2 Å². The summed E-state index contributed by atoms with van der Waals surface area (Å²) < 4.78 is 1.84. The summed E-state index contributed by atoms with van der Waals surface area (Å²) in [5.41, 5.74) is 6.16. The van der Waals surface area contributed by atoms with Crippen LogP contribution in [0.3, 0.4) is 0 Å². The zero-order chi connectivity index (χ0) is 19.0. The largest absolute Gasteiger partial charge is 0.340 e. The van der Waals surface area contributed by atoms with E-state index in [-0.39, 0.29) is 12.1 Å². The molecule has 0 aliphatic heterocycles. The minimum atomic E-state index is -0.214. The van der Waals surface area contributed by atoms with E-state index in [2.05, 4.69) is 26.4 Å². The second-order valence-corrected chi connectivity index (χ2v) is 6.94. The van der Waals surface area contributed by atoms with Crippen molar-refractivity contribution in [3.8, 4) is 0 Å². The first-order chi connectivity index (χ1) is 12.3. The number of aryl methyl sites for hydroxylation is 3. The fourth-order valence-electron chi connectivity index (χ4n) is 3.07. The third-order valence-corrected chi connectivity index (χ3v) is 4.81. The van der Waals surface area contributed by atoms with Crippen molar-refractivity contribution in [2.45, 2.75) is 40.3 Å². The van der Waals surface area contributed by atoms with Gasteiger partial charge in [-0.3, -0.25) is 4.68 Å². The number of fused-ring (bicyclic) bond motifs is 1. The predicted octanol–water partition coefficient (Wildman–Crippen LogP) is 3.12. The lowest BCUT2D eigenvalue weighted by Gasteiger charge is -2.20. The Kier molecular flexibility index (Phi) is 4.71. The van der Waals surface area contributed by atoms with Crippen molar-refractivity contribution in [2.75, 3.05) is 7.05 Å². The summed E-state index contributed by atoms with van der Waals surface area (Å²) >= 11 is 0. The van der Waals surface area contributed by atoms with Gasteiger partial charge in [0.1, 0.15) is 5.82 Å². The number of hydrogen-bond acceptors (Lipinski definition) is 3. The van der Waals surface area contributed by atoms with Gasteiger partial charge in [-0.25, -0.2) is 9.78 Å². The van der Waals surface area contributed by atoms with Crippen LogP contribution in [-0.2, 0) is 13.6 Å². The van der Waals surface area contributed by atoms with Crippen LogP contribution in [0.15, 0.2) is 18.2 Å². The third kappa shape index (κ3) is 3.42. The molecule has 26 heavy (non-hydrogen) atoms. The van der Waals surface area contributed by atoms with Gasteiger partial charge in [-0.15, -0.1) is 0 Å². The Morgan fingerprint density at radius 1 is 1.35 bits per heavy atom. The van der Waals surface area contributed by atoms with Crippen molar-refractivity contribution in [1.82, 2.24) is 30.0 Å². The summed E-state index contributed by atoms with van der Waals surface area (Å²) in [7, 11) is 3.70. The Morgan fingerprint density at radius 2 is 2.08 bits per heavy atom. The van der Waals surface area contributed by atoms with Crippen molar-refractivity contribution in [2.24, 2.45) is 7.05 Å². The van der Waals surface area contributed by atoms with Crippen LogP contribution in [0.25, 0.3) is 11.0 Å². The molecule has 138 valence electrons. The molecule has 2 N–H and O–H groups in total. The summed E-state index contributed by atoms with van der Waals surface area (Å²) in [5, 5.41) is 7.41. The Balaban J connectivity index is 1.69. The Bertz CT molecular complexity index is 954. The van der Waals surface area contributed by atoms with Crippen molar-refractivity contribution < 1.29 is 4.79 Å². The lowest BCUT2D eigenvalue weighted by atomic mass is 10.2. The van der Waals surface area contributed by atoms with Crippen LogP contribution < -0.4 is 5.32 Å². The number of benzene rings is 1. The lowest BCUT2D eigenvalue weighted by Crippen LogP contribution is -2.38. The van der Waals surface area contributed by atoms with Gasteiger partial charge >= 0.3 is 6.03 Å². The van der Waals surface area contributed by atoms with E-state index in [1.165, 1.54) is 5.56 Å². The monoisotopic (exact) mass is 354 g/mol. The number of H-pyrrole nitrogens is 1. The van der Waals surface area contributed by atoms with Crippen molar-refractivity contribution >= 4 is 17.1 Å². The number of amides is 2. The van der Waals surface area contributed by atoms with Crippen molar-refractivity contribution in [3.63, 3.8) is 0 Å². The fourth-order valence-corrected chi connectivity index (χ4v) is 3.07. The predicted molar refractivity (Wildman–Crippen MR) is 102 cm³/mol. The highest BCUT2D eigenvalue weighted by Gasteiger charge is 2.19. The van der Waals surface area contributed by atoms with E-state index in [1.807, 2.05) is 51.6 Å². The van der Waals surface area contributed by atoms with Crippen LogP contribution in [0, 0.1) is 20.8 Å². The molecule has 0 bridgehead atoms. The maximum absolute atomic E-state index is 12.6. The van der Waals surface area contributed by atoms with Gasteiger partial charge in [0.25, 0.3) is 0 Å². The molecule has 0 saturated heterocycles. The normalized spacial score (nSPS) is 12.4. The van der Waals surface area contributed by atoms with Crippen LogP contribution in [0.4, 0.5) is 4.79 Å². The topological polar surface area (TPSA) is 78.8 Å². The molecule has 0 fully saturated rings. The SMILES string of the molecule is Cc1ccc2nc(C(C)NC(=O)N(C)Cc3c(C)nn(C)c3C)[nH]c2c1. The first-order valence-corrected chi connectivity index (χ1v) is 8.73. The molecule has 1 unspecified atom stereocenters. The highest BCUT2D eigenvalue weighted by Crippen LogP contribution is 2.18. The molecule has 0 radical (unpaired) electrons. The molecule has 7 nitrogen and oxygen atoms in total. The van der Waals surface area contributed by atoms with Crippen molar-refractivity contribution in [3.05, 3.63) is 46.5 Å². The average molecular weight is 354 g/mol. The van der Waals surface area contributed by atoms with E-state index in [0.29, 0.717) is 6.54 Å². The smallest absolute Gasteiger partial charge is 0.318 e. The number of nitrogens with one attached hydrogen (secondary N) is 2. The quantitative estimate of drug-likeness (QED) is 0.755. The molecule has 7 heteroatoms. The van der Waals surface area contributed by atoms with E-state index in [1.54, 1.807) is 11.9 Å². The number of nitrogens with zero attached hydrogens (tertiary/aromatic N) is 4. The maximum Gasteiger partial charge on any atom is 0.318 e. The maximum atomic E-state index is 12.6. The Morgan fingerprint density at radius 3 is 2.73 bits per heavy atom. The summed E-state index contributed by atoms with van der Waals surface area (Å²) in [5.74, 6) is 0.751. The van der Waals surface area contributed by atoms with E-state index >= 15 is 0 Å². The molecule has 0 aliphatic carbocycles. The van der Waals surface area contributed by atoms with Gasteiger partial charge in [0.15, 0.2) is 0 Å². The number of carbonyl (C=O) groups is 1. The molecule has 2 amide bonds. The lowest BCUT2D eigenvalue weighted by molar-refractivity contribution is 0.203. The number of imidazole rings is 1. The third-order valence-electron chi connectivity index (χ3n) is 4.81. The van der Waals surface area contributed by atoms with Crippen LogP contribution in [-0.4, -0.2) is 37.7 Å². The Hall–Kier alpha value is -2.83. The number of hydrogen-bond donors (Lipinski definition) is 2. The standard InChI is InChI=1S/C19H26N6O/c1-11-7-8-16-17(9-11)22-18(21-16)13(3)20-19(26)24(5)10-15-12(2)23-25(6)14(15)4/h7-9,13H,10H2,1-6H3,(H,20,26)(H,21,22). The minimum absolute atomic E-state index is 0.142. The van der Waals surface area contributed by atoms with Crippen LogP contribution in [0.1, 0.15) is 41.3 Å². The summed E-state index contributed by atoms with van der Waals surface area (Å²) in [4.78, 5) is 22.1. The highest BCUT2D eigenvalue weighted by molar-refractivity contribution is 5.77. The zero-order valence-corrected chi connectivity index (χ0v) is 16.2. The molecular weight excluding hydrogens is 328 g/mol. The number of carbonyl (C=O) groups excluding carboxylic acids is 1.